The molecule has 0 unspecified atom stereocenters. The molecule has 1 aromatic heterocycles. The minimum absolute atomic E-state index is 0.876. The quantitative estimate of drug-likeness (QED) is 0.724. The van der Waals surface area contributed by atoms with Gasteiger partial charge in [0.2, 0.25) is 0 Å². The van der Waals surface area contributed by atoms with Crippen molar-refractivity contribution in [3.8, 4) is 0 Å². The van der Waals surface area contributed by atoms with Crippen molar-refractivity contribution in [1.82, 2.24) is 4.90 Å². The molecule has 0 saturated heterocycles. The van der Waals surface area contributed by atoms with E-state index in [1.165, 1.54) is 44.3 Å². The predicted octanol–water partition coefficient (Wildman–Crippen LogP) is 3.54. The highest BCUT2D eigenvalue weighted by molar-refractivity contribution is 9.09. The lowest BCUT2D eigenvalue weighted by atomic mass is 9.91. The van der Waals surface area contributed by atoms with Crippen LogP contribution in [0.3, 0.4) is 0 Å². The zero-order valence-corrected chi connectivity index (χ0v) is 11.4. The third-order valence-electron chi connectivity index (χ3n) is 3.23. The maximum atomic E-state index is 3.55. The maximum Gasteiger partial charge on any atom is 0.0159 e. The zero-order valence-electron chi connectivity index (χ0n) is 8.99. The van der Waals surface area contributed by atoms with Crippen LogP contribution < -0.4 is 0 Å². The lowest BCUT2D eigenvalue weighted by molar-refractivity contribution is 0.137. The van der Waals surface area contributed by atoms with Gasteiger partial charge in [-0.05, 0) is 41.7 Å². The molecule has 1 saturated carbocycles. The Morgan fingerprint density at radius 2 is 2.27 bits per heavy atom. The summed E-state index contributed by atoms with van der Waals surface area (Å²) in [7, 11) is 0. The highest BCUT2D eigenvalue weighted by Gasteiger charge is 2.23. The number of nitrogens with zero attached hydrogens (tertiary/aromatic N) is 1. The standard InChI is InChI=1S/C12H18BrNS/c13-6-8-14(12-2-1-3-12)7-4-11-5-9-15-10-11/h5,9-10,12H,1-4,6-8H2. The number of hydrogen-bond acceptors (Lipinski definition) is 2. The topological polar surface area (TPSA) is 3.24 Å². The van der Waals surface area contributed by atoms with Gasteiger partial charge in [-0.2, -0.15) is 11.3 Å². The van der Waals surface area contributed by atoms with Crippen LogP contribution >= 0.6 is 27.3 Å². The van der Waals surface area contributed by atoms with Gasteiger partial charge < -0.3 is 0 Å². The fraction of sp³-hybridized carbons (Fsp3) is 0.667. The maximum absolute atomic E-state index is 3.55. The Hall–Kier alpha value is 0.140. The van der Waals surface area contributed by atoms with Crippen LogP contribution in [0, 0.1) is 0 Å². The van der Waals surface area contributed by atoms with Gasteiger partial charge in [0.1, 0.15) is 0 Å². The van der Waals surface area contributed by atoms with Crippen molar-refractivity contribution >= 4 is 27.3 Å². The second kappa shape index (κ2) is 6.02. The summed E-state index contributed by atoms with van der Waals surface area (Å²) < 4.78 is 0. The van der Waals surface area contributed by atoms with E-state index in [4.69, 9.17) is 0 Å². The van der Waals surface area contributed by atoms with Gasteiger partial charge >= 0.3 is 0 Å². The average molecular weight is 288 g/mol. The number of rotatable bonds is 6. The number of thiophene rings is 1. The van der Waals surface area contributed by atoms with E-state index in [2.05, 4.69) is 37.7 Å². The van der Waals surface area contributed by atoms with Gasteiger partial charge in [-0.1, -0.05) is 22.4 Å². The average Bonchev–Trinajstić information content (AvgIpc) is 2.64. The van der Waals surface area contributed by atoms with E-state index in [9.17, 15) is 0 Å². The van der Waals surface area contributed by atoms with Gasteiger partial charge in [-0.15, -0.1) is 0 Å². The van der Waals surface area contributed by atoms with Gasteiger partial charge in [0.15, 0.2) is 0 Å². The highest BCUT2D eigenvalue weighted by atomic mass is 79.9. The number of hydrogen-bond donors (Lipinski definition) is 0. The Kier molecular flexibility index (Phi) is 4.66. The van der Waals surface area contributed by atoms with E-state index in [1.54, 1.807) is 11.3 Å². The van der Waals surface area contributed by atoms with Gasteiger partial charge in [-0.3, -0.25) is 4.90 Å². The van der Waals surface area contributed by atoms with Gasteiger partial charge in [-0.25, -0.2) is 0 Å². The van der Waals surface area contributed by atoms with E-state index in [0.29, 0.717) is 0 Å². The summed E-state index contributed by atoms with van der Waals surface area (Å²) in [6, 6.07) is 3.12. The summed E-state index contributed by atoms with van der Waals surface area (Å²) >= 11 is 5.36. The Labute approximate surface area is 105 Å². The first kappa shape index (κ1) is 11.6. The van der Waals surface area contributed by atoms with Crippen molar-refractivity contribution in [3.05, 3.63) is 22.4 Å². The van der Waals surface area contributed by atoms with Crippen LogP contribution in [0.1, 0.15) is 24.8 Å². The molecular weight excluding hydrogens is 270 g/mol. The molecule has 1 heterocycles. The summed E-state index contributed by atoms with van der Waals surface area (Å²) in [5, 5.41) is 5.55. The lowest BCUT2D eigenvalue weighted by Crippen LogP contribution is -2.42. The molecule has 1 aliphatic rings. The molecule has 0 aromatic carbocycles. The molecule has 0 atom stereocenters. The summed E-state index contributed by atoms with van der Waals surface area (Å²) in [5.41, 5.74) is 1.50. The molecular formula is C12H18BrNS. The molecule has 1 nitrogen and oxygen atoms in total. The minimum atomic E-state index is 0.876. The molecule has 0 radical (unpaired) electrons. The predicted molar refractivity (Wildman–Crippen MR) is 71.0 cm³/mol. The van der Waals surface area contributed by atoms with E-state index in [0.717, 1.165) is 11.4 Å². The molecule has 15 heavy (non-hydrogen) atoms. The first-order chi connectivity index (χ1) is 7.40. The lowest BCUT2D eigenvalue weighted by Gasteiger charge is -2.37. The fourth-order valence-corrected chi connectivity index (χ4v) is 3.20. The smallest absolute Gasteiger partial charge is 0.0159 e. The first-order valence-corrected chi connectivity index (χ1v) is 7.77. The normalized spacial score (nSPS) is 16.9. The summed E-state index contributed by atoms with van der Waals surface area (Å²) in [5.74, 6) is 0. The minimum Gasteiger partial charge on any atom is -0.299 e. The molecule has 0 N–H and O–H groups in total. The highest BCUT2D eigenvalue weighted by Crippen LogP contribution is 2.25. The van der Waals surface area contributed by atoms with Gasteiger partial charge in [0.25, 0.3) is 0 Å². The van der Waals surface area contributed by atoms with Crippen molar-refractivity contribution in [1.29, 1.82) is 0 Å². The van der Waals surface area contributed by atoms with Crippen molar-refractivity contribution in [2.75, 3.05) is 18.4 Å². The number of alkyl halides is 1. The molecule has 1 fully saturated rings. The monoisotopic (exact) mass is 287 g/mol. The molecule has 0 amide bonds. The van der Waals surface area contributed by atoms with Crippen LogP contribution in [0.4, 0.5) is 0 Å². The zero-order chi connectivity index (χ0) is 10.5. The number of halogens is 1. The Morgan fingerprint density at radius 1 is 1.40 bits per heavy atom. The SMILES string of the molecule is BrCCN(CCc1ccsc1)C1CCC1. The van der Waals surface area contributed by atoms with Crippen molar-refractivity contribution in [3.63, 3.8) is 0 Å². The van der Waals surface area contributed by atoms with E-state index in [1.807, 2.05) is 0 Å². The fourth-order valence-electron chi connectivity index (χ4n) is 2.04. The molecule has 0 aliphatic heterocycles. The second-order valence-electron chi connectivity index (χ2n) is 4.19. The molecule has 3 heteroatoms. The first-order valence-electron chi connectivity index (χ1n) is 5.71. The molecule has 2 rings (SSSR count). The van der Waals surface area contributed by atoms with E-state index in [-0.39, 0.29) is 0 Å². The Balaban J connectivity index is 1.78. The third kappa shape index (κ3) is 3.30. The van der Waals surface area contributed by atoms with Crippen LogP contribution in [0.5, 0.6) is 0 Å². The third-order valence-corrected chi connectivity index (χ3v) is 4.32. The summed E-state index contributed by atoms with van der Waals surface area (Å²) in [6.07, 6.45) is 5.47. The molecule has 0 bridgehead atoms. The second-order valence-corrected chi connectivity index (χ2v) is 5.76. The Morgan fingerprint density at radius 3 is 2.80 bits per heavy atom. The van der Waals surface area contributed by atoms with Crippen LogP contribution in [0.15, 0.2) is 16.8 Å². The van der Waals surface area contributed by atoms with Crippen molar-refractivity contribution < 1.29 is 0 Å². The van der Waals surface area contributed by atoms with E-state index >= 15 is 0 Å². The van der Waals surface area contributed by atoms with Crippen molar-refractivity contribution in [2.45, 2.75) is 31.7 Å². The van der Waals surface area contributed by atoms with Crippen LogP contribution in [-0.2, 0) is 6.42 Å². The molecule has 1 aliphatic carbocycles. The van der Waals surface area contributed by atoms with Gasteiger partial charge in [0, 0.05) is 24.5 Å². The van der Waals surface area contributed by atoms with Crippen molar-refractivity contribution in [2.24, 2.45) is 0 Å². The molecule has 0 spiro atoms. The van der Waals surface area contributed by atoms with Gasteiger partial charge in [0.05, 0.1) is 0 Å². The van der Waals surface area contributed by atoms with Crippen LogP contribution in [0.2, 0.25) is 0 Å². The van der Waals surface area contributed by atoms with Crippen LogP contribution in [-0.4, -0.2) is 29.4 Å². The molecule has 84 valence electrons. The Bertz CT molecular complexity index is 269. The summed E-state index contributed by atoms with van der Waals surface area (Å²) in [4.78, 5) is 2.65. The van der Waals surface area contributed by atoms with Crippen LogP contribution in [0.25, 0.3) is 0 Å². The summed E-state index contributed by atoms with van der Waals surface area (Å²) in [6.45, 7) is 2.43. The molecule has 1 aromatic rings. The van der Waals surface area contributed by atoms with E-state index < -0.39 is 0 Å². The largest absolute Gasteiger partial charge is 0.299 e.